The minimum absolute atomic E-state index is 0.00903. The SMILES string of the molecule is BrCCCOC1CCCCO1.CCCCn1c(=O)c2c(Cc3ccc(Cl)cc3)c(-c3cccc(Cl)c3)oc2n(COCC[Si](C)(C)C)c1=O.C[Si](C)(C)CCOCn1c(=O)[nH]c(=O)c2c(Cc3ccc(Cl)cc3)c(-c3cccc(Cl)c3)oc21. The minimum Gasteiger partial charge on any atom is -0.439 e. The highest BCUT2D eigenvalue weighted by molar-refractivity contribution is 9.09. The van der Waals surface area contributed by atoms with E-state index in [-0.39, 0.29) is 36.7 Å². The van der Waals surface area contributed by atoms with Crippen LogP contribution in [0.3, 0.4) is 0 Å². The first kappa shape index (κ1) is 65.8. The Morgan fingerprint density at radius 3 is 1.63 bits per heavy atom. The monoisotopic (exact) mass is 1310 g/mol. The summed E-state index contributed by atoms with van der Waals surface area (Å²) in [7, 11) is -2.60. The normalized spacial score (nSPS) is 13.7. The maximum absolute atomic E-state index is 13.9. The molecule has 446 valence electrons. The molecule has 8 aromatic rings. The molecule has 1 unspecified atom stereocenters. The number of H-pyrrole nitrogens is 1. The molecule has 0 saturated carbocycles. The molecule has 0 bridgehead atoms. The van der Waals surface area contributed by atoms with E-state index in [1.54, 1.807) is 36.4 Å². The van der Waals surface area contributed by atoms with Crippen LogP contribution in [0.2, 0.25) is 71.5 Å². The van der Waals surface area contributed by atoms with Gasteiger partial charge in [-0.05, 0) is 104 Å². The molecule has 1 fully saturated rings. The molecular weight excluding hydrogens is 1240 g/mol. The van der Waals surface area contributed by atoms with Gasteiger partial charge >= 0.3 is 11.4 Å². The van der Waals surface area contributed by atoms with Gasteiger partial charge < -0.3 is 27.8 Å². The number of halogens is 5. The molecule has 1 atom stereocenters. The zero-order valence-electron chi connectivity index (χ0n) is 48.4. The molecule has 14 nitrogen and oxygen atoms in total. The van der Waals surface area contributed by atoms with Gasteiger partial charge in [-0.2, -0.15) is 0 Å². The fourth-order valence-corrected chi connectivity index (χ4v) is 11.5. The molecule has 1 saturated heterocycles. The van der Waals surface area contributed by atoms with E-state index >= 15 is 0 Å². The van der Waals surface area contributed by atoms with E-state index in [0.29, 0.717) is 98.1 Å². The van der Waals surface area contributed by atoms with E-state index in [9.17, 15) is 19.2 Å². The fraction of sp³-hybridized carbons (Fsp3) is 0.419. The molecule has 9 rings (SSSR count). The molecule has 0 aliphatic carbocycles. The molecule has 21 heteroatoms. The molecule has 1 aliphatic heterocycles. The maximum Gasteiger partial charge on any atom is 0.335 e. The van der Waals surface area contributed by atoms with E-state index in [1.807, 2.05) is 67.6 Å². The molecule has 0 amide bonds. The Morgan fingerprint density at radius 1 is 0.627 bits per heavy atom. The Balaban J connectivity index is 0.000000202. The lowest BCUT2D eigenvalue weighted by atomic mass is 9.99. The van der Waals surface area contributed by atoms with Crippen LogP contribution in [0, 0.1) is 0 Å². The summed E-state index contributed by atoms with van der Waals surface area (Å²) in [4.78, 5) is 55.5. The largest absolute Gasteiger partial charge is 0.439 e. The van der Waals surface area contributed by atoms with Crippen LogP contribution in [0.4, 0.5) is 0 Å². The molecule has 0 radical (unpaired) electrons. The number of nitrogens with zero attached hydrogens (tertiary/aromatic N) is 3. The van der Waals surface area contributed by atoms with Gasteiger partial charge in [0.1, 0.15) is 35.8 Å². The Hall–Kier alpha value is -4.77. The van der Waals surface area contributed by atoms with Crippen LogP contribution in [0.25, 0.3) is 44.8 Å². The molecule has 4 aromatic carbocycles. The summed E-state index contributed by atoms with van der Waals surface area (Å²) in [6.07, 6.45) is 7.06. The highest BCUT2D eigenvalue weighted by Gasteiger charge is 2.27. The van der Waals surface area contributed by atoms with E-state index in [0.717, 1.165) is 66.6 Å². The van der Waals surface area contributed by atoms with Crippen molar-refractivity contribution < 1.29 is 27.8 Å². The number of unbranched alkanes of at least 4 members (excludes halogenated alkanes) is 1. The van der Waals surface area contributed by atoms with E-state index in [1.165, 1.54) is 26.5 Å². The summed E-state index contributed by atoms with van der Waals surface area (Å²) >= 11 is 28.1. The van der Waals surface area contributed by atoms with Gasteiger partial charge in [-0.25, -0.2) is 18.7 Å². The van der Waals surface area contributed by atoms with Gasteiger partial charge in [0.15, 0.2) is 6.29 Å². The molecule has 83 heavy (non-hydrogen) atoms. The number of aromatic nitrogens is 4. The third-order valence-electron chi connectivity index (χ3n) is 13.7. The highest BCUT2D eigenvalue weighted by atomic mass is 79.9. The van der Waals surface area contributed by atoms with Gasteiger partial charge in [0.05, 0.1) is 6.61 Å². The number of furan rings is 2. The lowest BCUT2D eigenvalue weighted by Crippen LogP contribution is -2.40. The van der Waals surface area contributed by atoms with Crippen molar-refractivity contribution in [2.24, 2.45) is 0 Å². The van der Waals surface area contributed by atoms with Gasteiger partial charge in [0.25, 0.3) is 11.1 Å². The number of hydrogen-bond acceptors (Lipinski definition) is 10. The smallest absolute Gasteiger partial charge is 0.335 e. The molecule has 1 N–H and O–H groups in total. The third-order valence-corrected chi connectivity index (χ3v) is 18.7. The number of fused-ring (bicyclic) bond motifs is 2. The van der Waals surface area contributed by atoms with Gasteiger partial charge in [0.2, 0.25) is 11.4 Å². The zero-order chi connectivity index (χ0) is 59.8. The number of aromatic amines is 1. The van der Waals surface area contributed by atoms with Crippen molar-refractivity contribution in [1.82, 2.24) is 18.7 Å². The predicted molar refractivity (Wildman–Crippen MR) is 346 cm³/mol. The Bertz CT molecular complexity index is 3650. The first-order valence-corrected chi connectivity index (χ1v) is 38.2. The van der Waals surface area contributed by atoms with Crippen LogP contribution in [0.5, 0.6) is 0 Å². The van der Waals surface area contributed by atoms with Gasteiger partial charge in [-0.1, -0.05) is 163 Å². The van der Waals surface area contributed by atoms with Crippen LogP contribution in [0.1, 0.15) is 67.7 Å². The third kappa shape index (κ3) is 18.9. The summed E-state index contributed by atoms with van der Waals surface area (Å²) in [6.45, 7) is 18.7. The van der Waals surface area contributed by atoms with Gasteiger partial charge in [-0.15, -0.1) is 0 Å². The Kier molecular flexibility index (Phi) is 24.6. The van der Waals surface area contributed by atoms with Crippen LogP contribution < -0.4 is 22.5 Å². The zero-order valence-corrected chi connectivity index (χ0v) is 55.0. The lowest BCUT2D eigenvalue weighted by molar-refractivity contribution is -0.161. The first-order chi connectivity index (χ1) is 39.6. The second-order valence-electron chi connectivity index (χ2n) is 22.9. The molecule has 4 aromatic heterocycles. The van der Waals surface area contributed by atoms with Crippen molar-refractivity contribution in [1.29, 1.82) is 0 Å². The van der Waals surface area contributed by atoms with Crippen molar-refractivity contribution in [3.63, 3.8) is 0 Å². The second-order valence-corrected chi connectivity index (χ2v) is 36.7. The van der Waals surface area contributed by atoms with Crippen LogP contribution in [-0.4, -0.2) is 72.9 Å². The Labute approximate surface area is 515 Å². The van der Waals surface area contributed by atoms with Crippen LogP contribution in [0.15, 0.2) is 125 Å². The minimum atomic E-state index is -1.31. The summed E-state index contributed by atoms with van der Waals surface area (Å²) in [5, 5.41) is 4.06. The number of ether oxygens (including phenoxy) is 4. The van der Waals surface area contributed by atoms with Gasteiger partial charge in [-0.3, -0.25) is 19.1 Å². The highest BCUT2D eigenvalue weighted by Crippen LogP contribution is 2.37. The summed E-state index contributed by atoms with van der Waals surface area (Å²) < 4.78 is 39.3. The van der Waals surface area contributed by atoms with Crippen LogP contribution >= 0.6 is 62.3 Å². The quantitative estimate of drug-likeness (QED) is 0.0371. The first-order valence-electron chi connectivity index (χ1n) is 28.2. The predicted octanol–water partition coefficient (Wildman–Crippen LogP) is 15.9. The number of nitrogens with one attached hydrogen (secondary N) is 1. The lowest BCUT2D eigenvalue weighted by Gasteiger charge is -2.22. The van der Waals surface area contributed by atoms with Crippen LogP contribution in [-0.2, 0) is 51.8 Å². The number of rotatable bonds is 23. The Morgan fingerprint density at radius 2 is 1.14 bits per heavy atom. The molecule has 5 heterocycles. The average Bonchev–Trinajstić information content (AvgIpc) is 2.18. The average molecular weight is 1310 g/mol. The second kappa shape index (κ2) is 31.0. The van der Waals surface area contributed by atoms with Crippen molar-refractivity contribution >= 4 is 101 Å². The summed E-state index contributed by atoms with van der Waals surface area (Å²) in [6, 6.07) is 31.3. The van der Waals surface area contributed by atoms with E-state index in [2.05, 4.69) is 60.2 Å². The van der Waals surface area contributed by atoms with Crippen molar-refractivity contribution in [2.45, 2.75) is 136 Å². The standard InChI is InChI=1S/C29H34Cl2N2O4Si.C25H26Cl2N2O4Si.C8H15BrO2/c1-5-6-14-32-27(34)25-24(17-20-10-12-22(30)13-11-20)26(21-8-7-9-23(31)18-21)37-28(25)33(29(32)35)19-36-15-16-38(2,3)4;1-34(2,3)12-11-32-15-29-24-21(23(30)28-25(29)31)20(13-16-7-9-18(26)10-8-16)22(33-24)17-5-4-6-19(27)14-17;9-5-3-7-11-8-4-1-2-6-10-8/h7-13,18H,5-6,14-17,19H2,1-4H3;4-10,14H,11-13,15H2,1-3H3,(H,28,30,31);8H,1-7H2. The summed E-state index contributed by atoms with van der Waals surface area (Å²) in [5.41, 5.74) is 3.28. The topological polar surface area (TPSA) is 162 Å². The molecule has 0 spiro atoms. The summed E-state index contributed by atoms with van der Waals surface area (Å²) in [5.74, 6) is 0.998. The van der Waals surface area contributed by atoms with Crippen molar-refractivity contribution in [3.05, 3.63) is 181 Å². The molecule has 1 aliphatic rings. The van der Waals surface area contributed by atoms with Crippen molar-refractivity contribution in [3.8, 4) is 22.6 Å². The maximum atomic E-state index is 13.9. The van der Waals surface area contributed by atoms with Gasteiger partial charge in [0, 0.05) is 103 Å². The van der Waals surface area contributed by atoms with Crippen molar-refractivity contribution in [2.75, 3.05) is 31.8 Å². The van der Waals surface area contributed by atoms with E-state index < -0.39 is 33.1 Å². The number of benzene rings is 4. The molecular formula is C62H75BrCl4N4O10Si2. The number of hydrogen-bond donors (Lipinski definition) is 1. The number of alkyl halides is 1. The fourth-order valence-electron chi connectivity index (χ4n) is 9.11. The van der Waals surface area contributed by atoms with E-state index in [4.69, 9.17) is 74.2 Å².